The number of rotatable bonds is 8. The lowest BCUT2D eigenvalue weighted by atomic mass is 9.96. The lowest BCUT2D eigenvalue weighted by Gasteiger charge is -2.32. The minimum atomic E-state index is -0.283. The highest BCUT2D eigenvalue weighted by Crippen LogP contribution is 2.24. The van der Waals surface area contributed by atoms with E-state index < -0.39 is 0 Å². The van der Waals surface area contributed by atoms with Gasteiger partial charge in [-0.2, -0.15) is 11.8 Å². The van der Waals surface area contributed by atoms with E-state index in [2.05, 4.69) is 22.3 Å². The lowest BCUT2D eigenvalue weighted by Crippen LogP contribution is -2.43. The third kappa shape index (κ3) is 6.23. The summed E-state index contributed by atoms with van der Waals surface area (Å²) in [6, 6.07) is 15.1. The van der Waals surface area contributed by atoms with Crippen molar-refractivity contribution in [1.82, 2.24) is 10.2 Å². The van der Waals surface area contributed by atoms with Crippen LogP contribution >= 0.6 is 23.4 Å². The van der Waals surface area contributed by atoms with Gasteiger partial charge in [-0.25, -0.2) is 4.39 Å². The van der Waals surface area contributed by atoms with Crippen LogP contribution in [0, 0.1) is 11.7 Å². The summed E-state index contributed by atoms with van der Waals surface area (Å²) in [6.45, 7) is 2.63. The largest absolute Gasteiger partial charge is 0.355 e. The summed E-state index contributed by atoms with van der Waals surface area (Å²) >= 11 is 7.96. The summed E-state index contributed by atoms with van der Waals surface area (Å²) in [6.07, 6.45) is 1.82. The topological polar surface area (TPSA) is 32.3 Å². The average Bonchev–Trinajstić information content (AvgIpc) is 2.71. The van der Waals surface area contributed by atoms with Gasteiger partial charge in [-0.3, -0.25) is 9.69 Å². The second-order valence-electron chi connectivity index (χ2n) is 7.10. The van der Waals surface area contributed by atoms with Crippen LogP contribution in [0.3, 0.4) is 0 Å². The van der Waals surface area contributed by atoms with Gasteiger partial charge in [0.2, 0.25) is 5.91 Å². The number of amides is 1. The number of carbonyl (C=O) groups is 1. The van der Waals surface area contributed by atoms with Crippen LogP contribution in [0.4, 0.5) is 4.39 Å². The van der Waals surface area contributed by atoms with E-state index in [4.69, 9.17) is 11.6 Å². The Morgan fingerprint density at radius 1 is 1.21 bits per heavy atom. The molecule has 150 valence electrons. The Morgan fingerprint density at radius 3 is 2.82 bits per heavy atom. The molecule has 1 atom stereocenters. The fourth-order valence-corrected chi connectivity index (χ4v) is 4.52. The highest BCUT2D eigenvalue weighted by atomic mass is 35.5. The predicted octanol–water partition coefficient (Wildman–Crippen LogP) is 4.74. The molecule has 0 saturated carbocycles. The van der Waals surface area contributed by atoms with Gasteiger partial charge < -0.3 is 5.32 Å². The van der Waals surface area contributed by atoms with Gasteiger partial charge in [-0.15, -0.1) is 0 Å². The summed E-state index contributed by atoms with van der Waals surface area (Å²) in [5.74, 6) is 1.62. The molecule has 2 aromatic carbocycles. The SMILES string of the molecule is O=C(NCCSCc1ccccc1)C1CCCN(Cc2c(F)cccc2Cl)C1. The Hall–Kier alpha value is -1.56. The van der Waals surface area contributed by atoms with Crippen LogP contribution in [0.15, 0.2) is 48.5 Å². The molecule has 0 radical (unpaired) electrons. The molecule has 0 bridgehead atoms. The molecule has 1 aliphatic heterocycles. The van der Waals surface area contributed by atoms with E-state index in [9.17, 15) is 9.18 Å². The summed E-state index contributed by atoms with van der Waals surface area (Å²) in [4.78, 5) is 14.6. The van der Waals surface area contributed by atoms with Gasteiger partial charge >= 0.3 is 0 Å². The van der Waals surface area contributed by atoms with Crippen LogP contribution < -0.4 is 5.32 Å². The highest BCUT2D eigenvalue weighted by molar-refractivity contribution is 7.98. The number of hydrogen-bond donors (Lipinski definition) is 1. The number of halogens is 2. The quantitative estimate of drug-likeness (QED) is 0.626. The number of nitrogens with zero attached hydrogens (tertiary/aromatic N) is 1. The van der Waals surface area contributed by atoms with Gasteiger partial charge in [-0.05, 0) is 37.1 Å². The molecular weight excluding hydrogens is 395 g/mol. The second-order valence-corrected chi connectivity index (χ2v) is 8.62. The second kappa shape index (κ2) is 10.8. The summed E-state index contributed by atoms with van der Waals surface area (Å²) in [7, 11) is 0. The molecule has 1 heterocycles. The average molecular weight is 421 g/mol. The Bertz CT molecular complexity index is 754. The zero-order valence-corrected chi connectivity index (χ0v) is 17.4. The first-order valence-electron chi connectivity index (χ1n) is 9.68. The number of piperidine rings is 1. The van der Waals surface area contributed by atoms with E-state index in [1.165, 1.54) is 11.6 Å². The molecule has 1 saturated heterocycles. The Balaban J connectivity index is 1.40. The fourth-order valence-electron chi connectivity index (χ4n) is 3.48. The molecule has 1 amide bonds. The molecule has 0 spiro atoms. The minimum Gasteiger partial charge on any atom is -0.355 e. The molecule has 1 aliphatic rings. The molecule has 3 rings (SSSR count). The molecule has 1 fully saturated rings. The van der Waals surface area contributed by atoms with Crippen molar-refractivity contribution in [2.75, 3.05) is 25.4 Å². The molecular formula is C22H26ClFN2OS. The Kier molecular flexibility index (Phi) is 8.19. The smallest absolute Gasteiger partial charge is 0.224 e. The molecule has 0 aliphatic carbocycles. The molecule has 6 heteroatoms. The predicted molar refractivity (Wildman–Crippen MR) is 115 cm³/mol. The number of carbonyl (C=O) groups excluding carboxylic acids is 1. The first kappa shape index (κ1) is 21.2. The molecule has 1 N–H and O–H groups in total. The van der Waals surface area contributed by atoms with Crippen molar-refractivity contribution in [2.45, 2.75) is 25.1 Å². The molecule has 3 nitrogen and oxygen atoms in total. The normalized spacial score (nSPS) is 17.4. The van der Waals surface area contributed by atoms with E-state index in [1.54, 1.807) is 12.1 Å². The van der Waals surface area contributed by atoms with Crippen LogP contribution in [-0.4, -0.2) is 36.2 Å². The number of benzene rings is 2. The monoisotopic (exact) mass is 420 g/mol. The van der Waals surface area contributed by atoms with Gasteiger partial charge in [0.05, 0.1) is 5.92 Å². The van der Waals surface area contributed by atoms with E-state index in [1.807, 2.05) is 30.0 Å². The van der Waals surface area contributed by atoms with Crippen molar-refractivity contribution in [3.8, 4) is 0 Å². The molecule has 2 aromatic rings. The van der Waals surface area contributed by atoms with Gasteiger partial charge in [0.1, 0.15) is 5.82 Å². The number of nitrogens with one attached hydrogen (secondary N) is 1. The van der Waals surface area contributed by atoms with Gasteiger partial charge in [0, 0.05) is 41.7 Å². The summed E-state index contributed by atoms with van der Waals surface area (Å²) < 4.78 is 14.0. The van der Waals surface area contributed by atoms with E-state index in [0.29, 0.717) is 30.2 Å². The summed E-state index contributed by atoms with van der Waals surface area (Å²) in [5.41, 5.74) is 1.82. The minimum absolute atomic E-state index is 0.0431. The zero-order valence-electron chi connectivity index (χ0n) is 15.9. The van der Waals surface area contributed by atoms with Gasteiger partial charge in [0.15, 0.2) is 0 Å². The van der Waals surface area contributed by atoms with Crippen LogP contribution in [-0.2, 0) is 17.1 Å². The third-order valence-corrected chi connectivity index (χ3v) is 6.36. The standard InChI is InChI=1S/C22H26ClFN2OS/c23-20-9-4-10-21(24)19(20)15-26-12-5-8-18(14-26)22(27)25-11-13-28-16-17-6-2-1-3-7-17/h1-4,6-7,9-10,18H,5,8,11-16H2,(H,25,27). The molecule has 28 heavy (non-hydrogen) atoms. The lowest BCUT2D eigenvalue weighted by molar-refractivity contribution is -0.126. The Morgan fingerprint density at radius 2 is 2.04 bits per heavy atom. The summed E-state index contributed by atoms with van der Waals surface area (Å²) in [5, 5.41) is 3.51. The molecule has 1 unspecified atom stereocenters. The first-order chi connectivity index (χ1) is 13.6. The van der Waals surface area contributed by atoms with Crippen molar-refractivity contribution >= 4 is 29.3 Å². The van der Waals surface area contributed by atoms with Crippen LogP contribution in [0.5, 0.6) is 0 Å². The number of likely N-dealkylation sites (tertiary alicyclic amines) is 1. The maximum atomic E-state index is 14.0. The number of hydrogen-bond acceptors (Lipinski definition) is 3. The number of thioether (sulfide) groups is 1. The maximum Gasteiger partial charge on any atom is 0.224 e. The van der Waals surface area contributed by atoms with E-state index in [-0.39, 0.29) is 17.6 Å². The third-order valence-electron chi connectivity index (χ3n) is 4.98. The van der Waals surface area contributed by atoms with E-state index >= 15 is 0 Å². The van der Waals surface area contributed by atoms with E-state index in [0.717, 1.165) is 30.9 Å². The van der Waals surface area contributed by atoms with Crippen molar-refractivity contribution < 1.29 is 9.18 Å². The zero-order chi connectivity index (χ0) is 19.8. The van der Waals surface area contributed by atoms with Crippen molar-refractivity contribution in [3.05, 3.63) is 70.5 Å². The van der Waals surface area contributed by atoms with Crippen LogP contribution in [0.1, 0.15) is 24.0 Å². The van der Waals surface area contributed by atoms with Crippen LogP contribution in [0.2, 0.25) is 5.02 Å². The Labute approximate surface area is 175 Å². The van der Waals surface area contributed by atoms with Gasteiger partial charge in [0.25, 0.3) is 0 Å². The fraction of sp³-hybridized carbons (Fsp3) is 0.409. The molecule has 0 aromatic heterocycles. The van der Waals surface area contributed by atoms with Crippen LogP contribution in [0.25, 0.3) is 0 Å². The van der Waals surface area contributed by atoms with Crippen molar-refractivity contribution in [3.63, 3.8) is 0 Å². The first-order valence-corrected chi connectivity index (χ1v) is 11.2. The maximum absolute atomic E-state index is 14.0. The van der Waals surface area contributed by atoms with Crippen molar-refractivity contribution in [1.29, 1.82) is 0 Å². The highest BCUT2D eigenvalue weighted by Gasteiger charge is 2.26. The van der Waals surface area contributed by atoms with Crippen molar-refractivity contribution in [2.24, 2.45) is 5.92 Å². The van der Waals surface area contributed by atoms with Gasteiger partial charge in [-0.1, -0.05) is 48.0 Å².